The first kappa shape index (κ1) is 47.8. The van der Waals surface area contributed by atoms with Crippen LogP contribution in [0.1, 0.15) is 48.8 Å². The van der Waals surface area contributed by atoms with Crippen molar-refractivity contribution < 1.29 is 47.3 Å². The molecule has 3 aromatic heterocycles. The summed E-state index contributed by atoms with van der Waals surface area (Å²) in [7, 11) is 1.56. The van der Waals surface area contributed by atoms with Gasteiger partial charge in [-0.2, -0.15) is 14.3 Å². The average Bonchev–Trinajstić information content (AvgIpc) is 4.10. The lowest BCUT2D eigenvalue weighted by molar-refractivity contribution is -0.688. The van der Waals surface area contributed by atoms with Crippen molar-refractivity contribution in [2.45, 2.75) is 56.5 Å². The third-order valence-corrected chi connectivity index (χ3v) is 13.1. The highest BCUT2D eigenvalue weighted by Gasteiger charge is 2.55. The molecular weight excluding hydrogens is 947 g/mol. The number of oxime groups is 1. The Hall–Kier alpha value is -8.23. The minimum Gasteiger partial charge on any atom is -0.497 e. The molecule has 7 aromatic rings. The highest BCUT2D eigenvalue weighted by atomic mass is 32.2. The Morgan fingerprint density at radius 2 is 1.55 bits per heavy atom. The van der Waals surface area contributed by atoms with E-state index in [2.05, 4.69) is 35.3 Å². The standard InChI is InChI=1S/C51H45N9O9S2/c1-50(2,3)67-49(64)56-48-55-42(58-71-48)39(57-69-51(35-16-8-5-9-17-35,36-18-10-6-11-19-36)37-20-12-7-13-21-37)43(61)54-40-45(62)60-41(47(63)66-29-32-22-24-38(65-4)25-23-32)34(30-70-46(40)60)28-59-26-14-15-33(27-59)44-52-31-53-68-44/h5-27,31,40,46H,28-30H2,1-4H3,(H-,54,55,56,58,61,64)/p+1/t40-,46+/m1/s1. The van der Waals surface area contributed by atoms with Crippen molar-refractivity contribution in [1.82, 2.24) is 29.7 Å². The van der Waals surface area contributed by atoms with Gasteiger partial charge < -0.3 is 28.9 Å². The van der Waals surface area contributed by atoms with Gasteiger partial charge in [-0.25, -0.2) is 14.2 Å². The van der Waals surface area contributed by atoms with Gasteiger partial charge in [0.05, 0.1) is 7.11 Å². The van der Waals surface area contributed by atoms with Crippen LogP contribution >= 0.6 is 23.3 Å². The number of fused-ring (bicyclic) bond motifs is 1. The zero-order valence-corrected chi connectivity index (χ0v) is 40.4. The maximum Gasteiger partial charge on any atom is 0.414 e. The van der Waals surface area contributed by atoms with Gasteiger partial charge in [-0.1, -0.05) is 113 Å². The fraction of sp³-hybridized carbons (Fsp3) is 0.216. The monoisotopic (exact) mass is 992 g/mol. The van der Waals surface area contributed by atoms with Crippen LogP contribution in [0.5, 0.6) is 5.75 Å². The topological polar surface area (TPSA) is 213 Å². The number of ether oxygens (including phenoxy) is 3. The SMILES string of the molecule is COc1ccc(COC(=O)C2=C(C[n+]3cccc(-c4ncno4)c3)CS[C@H]3[C@H](NC(=O)C(=NOC(c4ccccc4)(c4ccccc4)c4ccccc4)c4nsc(NC(=O)OC(C)(C)C)n4)C(=O)N23)cc1. The number of aromatic nitrogens is 5. The smallest absolute Gasteiger partial charge is 0.414 e. The van der Waals surface area contributed by atoms with Crippen molar-refractivity contribution in [1.29, 1.82) is 0 Å². The molecule has 4 aromatic carbocycles. The van der Waals surface area contributed by atoms with Crippen molar-refractivity contribution >= 4 is 58.0 Å². The Labute approximate surface area is 415 Å². The van der Waals surface area contributed by atoms with Crippen LogP contribution in [0.3, 0.4) is 0 Å². The number of hydrogen-bond donors (Lipinski definition) is 2. The van der Waals surface area contributed by atoms with E-state index < -0.39 is 52.2 Å². The highest BCUT2D eigenvalue weighted by Crippen LogP contribution is 2.43. The number of nitrogens with one attached hydrogen (secondary N) is 2. The van der Waals surface area contributed by atoms with Crippen LogP contribution in [0.2, 0.25) is 0 Å². The van der Waals surface area contributed by atoms with Crippen molar-refractivity contribution in [3.63, 3.8) is 0 Å². The molecule has 2 aliphatic rings. The number of methoxy groups -OCH3 is 1. The van der Waals surface area contributed by atoms with Crippen LogP contribution in [0.25, 0.3) is 11.5 Å². The van der Waals surface area contributed by atoms with Crippen molar-refractivity contribution in [3.05, 3.63) is 185 Å². The number of pyridine rings is 1. The molecule has 0 bridgehead atoms. The number of esters is 1. The molecule has 3 amide bonds. The van der Waals surface area contributed by atoms with E-state index in [1.54, 1.807) is 64.4 Å². The van der Waals surface area contributed by atoms with Crippen LogP contribution in [-0.2, 0) is 47.4 Å². The van der Waals surface area contributed by atoms with Crippen LogP contribution < -0.4 is 19.9 Å². The summed E-state index contributed by atoms with van der Waals surface area (Å²) in [5, 5.41) is 13.0. The summed E-state index contributed by atoms with van der Waals surface area (Å²) in [5.41, 5.74) is 1.46. The van der Waals surface area contributed by atoms with Gasteiger partial charge in [-0.15, -0.1) is 11.8 Å². The summed E-state index contributed by atoms with van der Waals surface area (Å²) >= 11 is 2.16. The number of nitrogens with zero attached hydrogens (tertiary/aromatic N) is 7. The lowest BCUT2D eigenvalue weighted by Crippen LogP contribution is -2.71. The van der Waals surface area contributed by atoms with Gasteiger partial charge in [0, 0.05) is 45.6 Å². The van der Waals surface area contributed by atoms with E-state index in [-0.39, 0.29) is 35.6 Å². The minimum absolute atomic E-state index is 0.0138. The molecule has 360 valence electrons. The van der Waals surface area contributed by atoms with Crippen molar-refractivity contribution in [2.24, 2.45) is 5.16 Å². The zero-order chi connectivity index (χ0) is 49.5. The minimum atomic E-state index is -1.42. The number of rotatable bonds is 16. The third kappa shape index (κ3) is 10.5. The van der Waals surface area contributed by atoms with E-state index in [0.29, 0.717) is 45.0 Å². The molecule has 5 heterocycles. The van der Waals surface area contributed by atoms with E-state index in [0.717, 1.165) is 11.5 Å². The number of thioether (sulfide) groups is 1. The average molecular weight is 993 g/mol. The maximum atomic E-state index is 14.8. The van der Waals surface area contributed by atoms with Gasteiger partial charge in [-0.3, -0.25) is 19.8 Å². The van der Waals surface area contributed by atoms with Crippen LogP contribution in [0, 0.1) is 0 Å². The third-order valence-electron chi connectivity index (χ3n) is 11.2. The number of hydrogen-bond acceptors (Lipinski definition) is 16. The zero-order valence-electron chi connectivity index (χ0n) is 38.8. The van der Waals surface area contributed by atoms with Gasteiger partial charge in [-0.05, 0) is 44.5 Å². The molecule has 0 radical (unpaired) electrons. The molecule has 71 heavy (non-hydrogen) atoms. The summed E-state index contributed by atoms with van der Waals surface area (Å²) in [6.07, 6.45) is 4.13. The first-order valence-corrected chi connectivity index (χ1v) is 24.0. The fourth-order valence-electron chi connectivity index (χ4n) is 7.95. The second-order valence-electron chi connectivity index (χ2n) is 17.1. The molecule has 20 heteroatoms. The molecular formula is C51H46N9O9S2+. The summed E-state index contributed by atoms with van der Waals surface area (Å²) in [6.45, 7) is 5.28. The largest absolute Gasteiger partial charge is 0.497 e. The van der Waals surface area contributed by atoms with E-state index in [9.17, 15) is 19.2 Å². The molecule has 2 N–H and O–H groups in total. The van der Waals surface area contributed by atoms with Crippen LogP contribution in [0.4, 0.5) is 9.93 Å². The predicted octanol–water partition coefficient (Wildman–Crippen LogP) is 7.04. The molecule has 2 atom stereocenters. The predicted molar refractivity (Wildman–Crippen MR) is 261 cm³/mol. The quantitative estimate of drug-likeness (QED) is 0.0248. The molecule has 9 rings (SSSR count). The molecule has 1 fully saturated rings. The van der Waals surface area contributed by atoms with E-state index in [1.165, 1.54) is 23.0 Å². The number of β-lactam (4-membered cyclic amide) rings is 1. The molecule has 18 nitrogen and oxygen atoms in total. The van der Waals surface area contributed by atoms with Crippen molar-refractivity contribution in [3.8, 4) is 17.2 Å². The van der Waals surface area contributed by atoms with E-state index in [4.69, 9.17) is 23.6 Å². The number of amides is 3. The van der Waals surface area contributed by atoms with Gasteiger partial charge in [0.15, 0.2) is 25.3 Å². The molecule has 0 spiro atoms. The van der Waals surface area contributed by atoms with Gasteiger partial charge in [0.25, 0.3) is 17.7 Å². The molecule has 0 unspecified atom stereocenters. The van der Waals surface area contributed by atoms with E-state index >= 15 is 0 Å². The summed E-state index contributed by atoms with van der Waals surface area (Å²) in [5.74, 6) is -1.12. The molecule has 0 saturated carbocycles. The summed E-state index contributed by atoms with van der Waals surface area (Å²) in [6, 6.07) is 37.8. The first-order chi connectivity index (χ1) is 34.4. The lowest BCUT2D eigenvalue weighted by atomic mass is 9.80. The van der Waals surface area contributed by atoms with Gasteiger partial charge >= 0.3 is 12.1 Å². The van der Waals surface area contributed by atoms with E-state index in [1.807, 2.05) is 108 Å². The number of benzene rings is 4. The number of carbonyl (C=O) groups is 4. The number of anilines is 1. The van der Waals surface area contributed by atoms with Crippen LogP contribution in [0.15, 0.2) is 167 Å². The Bertz CT molecular complexity index is 3000. The molecule has 2 aliphatic heterocycles. The molecule has 0 aliphatic carbocycles. The Kier molecular flexibility index (Phi) is 14.0. The van der Waals surface area contributed by atoms with Gasteiger partial charge in [0.2, 0.25) is 22.3 Å². The second-order valence-corrected chi connectivity index (χ2v) is 19.0. The Morgan fingerprint density at radius 1 is 0.887 bits per heavy atom. The normalized spacial score (nSPS) is 15.8. The second kappa shape index (κ2) is 20.8. The van der Waals surface area contributed by atoms with Gasteiger partial charge in [0.1, 0.15) is 40.6 Å². The molecule has 1 saturated heterocycles. The fourth-order valence-corrected chi connectivity index (χ4v) is 9.84. The number of carbonyl (C=O) groups excluding carboxylic acids is 4. The van der Waals surface area contributed by atoms with Crippen molar-refractivity contribution in [2.75, 3.05) is 18.2 Å². The Balaban J connectivity index is 1.05. The Morgan fingerprint density at radius 3 is 2.15 bits per heavy atom. The maximum absolute atomic E-state index is 14.8. The first-order valence-electron chi connectivity index (χ1n) is 22.2. The lowest BCUT2D eigenvalue weighted by Gasteiger charge is -2.49. The summed E-state index contributed by atoms with van der Waals surface area (Å²) < 4.78 is 28.1. The van der Waals surface area contributed by atoms with Crippen LogP contribution in [-0.4, -0.2) is 83.9 Å². The summed E-state index contributed by atoms with van der Waals surface area (Å²) in [4.78, 5) is 73.1. The highest BCUT2D eigenvalue weighted by molar-refractivity contribution is 8.00.